The second-order valence-corrected chi connectivity index (χ2v) is 12.5. The fourth-order valence-corrected chi connectivity index (χ4v) is 7.10. The van der Waals surface area contributed by atoms with Gasteiger partial charge < -0.3 is 4.79 Å². The average molecular weight is 475 g/mol. The van der Waals surface area contributed by atoms with Crippen LogP contribution in [0.4, 0.5) is 0 Å². The third-order valence-electron chi connectivity index (χ3n) is 8.49. The predicted molar refractivity (Wildman–Crippen MR) is 147 cm³/mol. The molecule has 2 heteroatoms. The van der Waals surface area contributed by atoms with Crippen molar-refractivity contribution < 1.29 is 4.79 Å². The van der Waals surface area contributed by atoms with Gasteiger partial charge in [0.25, 0.3) is 0 Å². The summed E-state index contributed by atoms with van der Waals surface area (Å²) in [7, 11) is 0. The van der Waals surface area contributed by atoms with Gasteiger partial charge in [0, 0.05) is 17.6 Å². The first-order valence-electron chi connectivity index (χ1n) is 13.3. The molecule has 1 heterocycles. The molecule has 1 aliphatic carbocycles. The highest BCUT2D eigenvalue weighted by Crippen LogP contribution is 2.57. The second kappa shape index (κ2) is 10.9. The summed E-state index contributed by atoms with van der Waals surface area (Å²) in [5.41, 5.74) is 5.57. The van der Waals surface area contributed by atoms with Crippen molar-refractivity contribution in [1.29, 1.82) is 0 Å². The van der Waals surface area contributed by atoms with Gasteiger partial charge in [-0.25, -0.2) is 0 Å². The van der Waals surface area contributed by atoms with E-state index in [1.54, 1.807) is 6.92 Å². The van der Waals surface area contributed by atoms with Gasteiger partial charge in [0.05, 0.1) is 0 Å². The number of rotatable bonds is 11. The molecule has 1 aliphatic heterocycles. The number of benzene rings is 2. The van der Waals surface area contributed by atoms with Crippen LogP contribution in [0.25, 0.3) is 0 Å². The molecule has 0 radical (unpaired) electrons. The Balaban J connectivity index is 1.32. The van der Waals surface area contributed by atoms with Crippen molar-refractivity contribution in [2.45, 2.75) is 78.1 Å². The van der Waals surface area contributed by atoms with Crippen LogP contribution in [-0.2, 0) is 23.1 Å². The molecule has 1 saturated heterocycles. The summed E-state index contributed by atoms with van der Waals surface area (Å²) in [6.45, 7) is 12.8. The molecule has 0 aromatic heterocycles. The molecule has 0 amide bonds. The van der Waals surface area contributed by atoms with Crippen molar-refractivity contribution in [3.63, 3.8) is 0 Å². The minimum absolute atomic E-state index is 0.0146. The van der Waals surface area contributed by atoms with Crippen molar-refractivity contribution in [2.75, 3.05) is 5.75 Å². The van der Waals surface area contributed by atoms with Crippen LogP contribution >= 0.6 is 11.8 Å². The molecule has 2 fully saturated rings. The number of Topliss-reactive ketones (excluding diaryl/α,β-unsaturated/α-hetero) is 1. The summed E-state index contributed by atoms with van der Waals surface area (Å²) < 4.78 is 0. The summed E-state index contributed by atoms with van der Waals surface area (Å²) in [4.78, 5) is 12.9. The lowest BCUT2D eigenvalue weighted by Crippen LogP contribution is -2.19. The highest BCUT2D eigenvalue weighted by atomic mass is 32.2. The van der Waals surface area contributed by atoms with Gasteiger partial charge in [-0.05, 0) is 89.9 Å². The third kappa shape index (κ3) is 6.06. The minimum Gasteiger partial charge on any atom is -0.300 e. The Morgan fingerprint density at radius 2 is 1.62 bits per heavy atom. The van der Waals surface area contributed by atoms with Gasteiger partial charge in [-0.1, -0.05) is 82.3 Å². The van der Waals surface area contributed by atoms with E-state index in [4.69, 9.17) is 0 Å². The molecule has 1 saturated carbocycles. The molecule has 34 heavy (non-hydrogen) atoms. The van der Waals surface area contributed by atoms with E-state index in [2.05, 4.69) is 75.9 Å². The first-order chi connectivity index (χ1) is 16.3. The zero-order valence-corrected chi connectivity index (χ0v) is 22.4. The molecule has 1 nitrogen and oxygen atoms in total. The number of thioether (sulfide) groups is 1. The van der Waals surface area contributed by atoms with Crippen molar-refractivity contribution >= 4 is 17.5 Å². The minimum atomic E-state index is -0.0146. The molecule has 2 aromatic carbocycles. The van der Waals surface area contributed by atoms with Crippen molar-refractivity contribution in [1.82, 2.24) is 0 Å². The van der Waals surface area contributed by atoms with Crippen LogP contribution < -0.4 is 0 Å². The normalized spacial score (nSPS) is 22.8. The lowest BCUT2D eigenvalue weighted by molar-refractivity contribution is -0.117. The average Bonchev–Trinajstić information content (AvgIpc) is 3.64. The number of ketones is 1. The number of hydrogen-bond donors (Lipinski definition) is 0. The van der Waals surface area contributed by atoms with Crippen LogP contribution in [0.5, 0.6) is 0 Å². The van der Waals surface area contributed by atoms with Gasteiger partial charge in [-0.15, -0.1) is 11.8 Å². The predicted octanol–water partition coefficient (Wildman–Crippen LogP) is 8.40. The zero-order valence-electron chi connectivity index (χ0n) is 21.6. The molecule has 0 spiro atoms. The third-order valence-corrected chi connectivity index (χ3v) is 9.76. The highest BCUT2D eigenvalue weighted by Gasteiger charge is 2.47. The van der Waals surface area contributed by atoms with Crippen molar-refractivity contribution in [2.24, 2.45) is 23.7 Å². The molecular formula is C32H42OS. The van der Waals surface area contributed by atoms with Crippen molar-refractivity contribution in [3.05, 3.63) is 82.3 Å². The first kappa shape index (κ1) is 25.3. The molecule has 2 aromatic rings. The molecule has 0 N–H and O–H groups in total. The summed E-state index contributed by atoms with van der Waals surface area (Å²) in [5.74, 6) is 4.73. The van der Waals surface area contributed by atoms with Gasteiger partial charge in [-0.3, -0.25) is 0 Å². The number of allylic oxidation sites excluding steroid dienone is 1. The summed E-state index contributed by atoms with van der Waals surface area (Å²) in [6, 6.07) is 18.6. The van der Waals surface area contributed by atoms with E-state index >= 15 is 0 Å². The number of hydrogen-bond acceptors (Lipinski definition) is 2. The molecule has 4 rings (SSSR count). The Bertz CT molecular complexity index is 985. The van der Waals surface area contributed by atoms with Crippen molar-refractivity contribution in [3.8, 4) is 0 Å². The first-order valence-corrected chi connectivity index (χ1v) is 14.3. The molecule has 182 valence electrons. The van der Waals surface area contributed by atoms with Crippen LogP contribution in [0.2, 0.25) is 0 Å². The number of carbonyl (C=O) groups is 1. The summed E-state index contributed by atoms with van der Waals surface area (Å²) >= 11 is 2.01. The van der Waals surface area contributed by atoms with E-state index in [9.17, 15) is 4.79 Å². The van der Waals surface area contributed by atoms with Gasteiger partial charge in [-0.2, -0.15) is 0 Å². The summed E-state index contributed by atoms with van der Waals surface area (Å²) in [5, 5.41) is 0. The molecule has 0 bridgehead atoms. The Hall–Kier alpha value is -1.80. The van der Waals surface area contributed by atoms with E-state index < -0.39 is 0 Å². The largest absolute Gasteiger partial charge is 0.300 e. The number of aryl methyl sites for hydroxylation is 2. The zero-order chi connectivity index (χ0) is 24.3. The van der Waals surface area contributed by atoms with E-state index in [1.807, 2.05) is 11.8 Å². The number of carbonyl (C=O) groups excluding carboxylic acids is 1. The smallest absolute Gasteiger partial charge is 0.130 e. The monoisotopic (exact) mass is 474 g/mol. The maximum absolute atomic E-state index is 11.5. The van der Waals surface area contributed by atoms with Crippen LogP contribution in [-0.4, -0.2) is 11.5 Å². The Morgan fingerprint density at radius 3 is 2.18 bits per heavy atom. The van der Waals surface area contributed by atoms with Crippen LogP contribution in [0.1, 0.15) is 82.1 Å². The molecule has 4 atom stereocenters. The van der Waals surface area contributed by atoms with E-state index in [0.717, 1.165) is 37.0 Å². The quantitative estimate of drug-likeness (QED) is 0.325. The maximum atomic E-state index is 11.5. The Morgan fingerprint density at radius 1 is 1.03 bits per heavy atom. The van der Waals surface area contributed by atoms with E-state index in [1.165, 1.54) is 52.2 Å². The van der Waals surface area contributed by atoms with Gasteiger partial charge in [0.2, 0.25) is 0 Å². The van der Waals surface area contributed by atoms with E-state index in [0.29, 0.717) is 18.1 Å². The Labute approximate surface area is 211 Å². The summed E-state index contributed by atoms with van der Waals surface area (Å²) in [6.07, 6.45) is 7.84. The molecule has 4 unspecified atom stereocenters. The van der Waals surface area contributed by atoms with Gasteiger partial charge >= 0.3 is 0 Å². The number of fused-ring (bicyclic) bond motifs is 1. The topological polar surface area (TPSA) is 17.1 Å². The standard InChI is InChI=1S/C32H42OS/c1-6-24(19-22(2)33)7-8-25-10-15-28(16-11-25)32(4,5)29-17-12-26(13-18-29)9-14-27-21-34-23(3)30-20-31(27)30/h10-13,15-18,24,27,30-31H,3,6-9,14,19-21H2,1-2,4-5H3. The fraction of sp³-hybridized carbons (Fsp3) is 0.531. The van der Waals surface area contributed by atoms with Crippen LogP contribution in [0, 0.1) is 23.7 Å². The Kier molecular flexibility index (Phi) is 8.08. The molecular weight excluding hydrogens is 432 g/mol. The second-order valence-electron chi connectivity index (χ2n) is 11.3. The maximum Gasteiger partial charge on any atom is 0.130 e. The SMILES string of the molecule is C=C1SCC(CCc2ccc(C(C)(C)c3ccc(CCC(CC)CC(C)=O)cc3)cc2)C2CC12. The molecule has 2 aliphatic rings. The fourth-order valence-electron chi connectivity index (χ4n) is 5.77. The lowest BCUT2D eigenvalue weighted by Gasteiger charge is -2.27. The van der Waals surface area contributed by atoms with Gasteiger partial charge in [0.15, 0.2) is 0 Å². The lowest BCUT2D eigenvalue weighted by atomic mass is 9.77. The van der Waals surface area contributed by atoms with E-state index in [-0.39, 0.29) is 5.41 Å². The van der Waals surface area contributed by atoms with Crippen LogP contribution in [0.3, 0.4) is 0 Å². The van der Waals surface area contributed by atoms with Gasteiger partial charge in [0.1, 0.15) is 5.78 Å². The highest BCUT2D eigenvalue weighted by molar-refractivity contribution is 8.03. The van der Waals surface area contributed by atoms with Crippen LogP contribution in [0.15, 0.2) is 60.0 Å².